The van der Waals surface area contributed by atoms with Gasteiger partial charge in [0.05, 0.1) is 18.1 Å². The molecule has 0 aromatic heterocycles. The van der Waals surface area contributed by atoms with E-state index in [4.69, 9.17) is 0 Å². The molecule has 1 fully saturated rings. The molecule has 1 saturated heterocycles. The van der Waals surface area contributed by atoms with Crippen molar-refractivity contribution in [3.8, 4) is 0 Å². The Morgan fingerprint density at radius 1 is 1.35 bits per heavy atom. The fourth-order valence-corrected chi connectivity index (χ4v) is 3.20. The average Bonchev–Trinajstić information content (AvgIpc) is 2.51. The number of aliphatic hydroxyl groups is 1. The topological polar surface area (TPSA) is 89.9 Å². The highest BCUT2D eigenvalue weighted by molar-refractivity contribution is 5.92. The smallest absolute Gasteiger partial charge is 0.312 e. The fourth-order valence-electron chi connectivity index (χ4n) is 3.20. The number of benzene rings is 1. The van der Waals surface area contributed by atoms with Crippen molar-refractivity contribution >= 4 is 17.6 Å². The van der Waals surface area contributed by atoms with Gasteiger partial charge in [0, 0.05) is 12.2 Å². The number of hydrogen-bond acceptors (Lipinski definition) is 4. The maximum absolute atomic E-state index is 12.1. The average molecular weight is 320 g/mol. The van der Waals surface area contributed by atoms with Crippen molar-refractivity contribution in [2.45, 2.75) is 32.3 Å². The van der Waals surface area contributed by atoms with Crippen LogP contribution in [0.2, 0.25) is 0 Å². The summed E-state index contributed by atoms with van der Waals surface area (Å²) in [5.74, 6) is -1.11. The Bertz CT molecular complexity index is 549. The highest BCUT2D eigenvalue weighted by Crippen LogP contribution is 2.36. The highest BCUT2D eigenvalue weighted by Gasteiger charge is 2.47. The normalized spacial score (nSPS) is 25.0. The number of hydrogen-bond donors (Lipinski definition) is 3. The Balaban J connectivity index is 1.92. The summed E-state index contributed by atoms with van der Waals surface area (Å²) in [4.78, 5) is 25.5. The Morgan fingerprint density at radius 2 is 2.04 bits per heavy atom. The van der Waals surface area contributed by atoms with Crippen LogP contribution in [0.25, 0.3) is 0 Å². The van der Waals surface area contributed by atoms with Gasteiger partial charge >= 0.3 is 5.97 Å². The summed E-state index contributed by atoms with van der Waals surface area (Å²) < 4.78 is 0. The van der Waals surface area contributed by atoms with Crippen LogP contribution < -0.4 is 5.32 Å². The Hall–Kier alpha value is -1.92. The van der Waals surface area contributed by atoms with Gasteiger partial charge in [-0.1, -0.05) is 31.5 Å². The van der Waals surface area contributed by atoms with Crippen LogP contribution in [0.1, 0.15) is 26.2 Å². The van der Waals surface area contributed by atoms with Gasteiger partial charge in [0.25, 0.3) is 0 Å². The minimum Gasteiger partial charge on any atom is -0.481 e. The van der Waals surface area contributed by atoms with Gasteiger partial charge in [0.1, 0.15) is 0 Å². The molecule has 0 unspecified atom stereocenters. The summed E-state index contributed by atoms with van der Waals surface area (Å²) in [6, 6.07) is 9.16. The number of aliphatic carboxylic acids is 1. The van der Waals surface area contributed by atoms with E-state index in [0.29, 0.717) is 25.8 Å². The summed E-state index contributed by atoms with van der Waals surface area (Å²) in [7, 11) is 0. The number of carbonyl (C=O) groups is 2. The first-order chi connectivity index (χ1) is 11.0. The fraction of sp³-hybridized carbons (Fsp3) is 0.529. The van der Waals surface area contributed by atoms with E-state index < -0.39 is 17.5 Å². The van der Waals surface area contributed by atoms with Crippen LogP contribution in [0.5, 0.6) is 0 Å². The van der Waals surface area contributed by atoms with Crippen LogP contribution in [0, 0.1) is 5.41 Å². The van der Waals surface area contributed by atoms with E-state index in [9.17, 15) is 19.8 Å². The quantitative estimate of drug-likeness (QED) is 0.740. The van der Waals surface area contributed by atoms with Gasteiger partial charge in [-0.25, -0.2) is 0 Å². The van der Waals surface area contributed by atoms with Gasteiger partial charge in [0.15, 0.2) is 0 Å². The van der Waals surface area contributed by atoms with Gasteiger partial charge in [-0.2, -0.15) is 0 Å². The number of carboxylic acid groups (broad SMARTS) is 1. The molecule has 0 spiro atoms. The second-order valence-corrected chi connectivity index (χ2v) is 6.13. The summed E-state index contributed by atoms with van der Waals surface area (Å²) in [6.45, 7) is 2.75. The third-order valence-corrected chi connectivity index (χ3v) is 4.49. The molecule has 6 nitrogen and oxygen atoms in total. The van der Waals surface area contributed by atoms with Crippen molar-refractivity contribution in [2.24, 2.45) is 5.41 Å². The van der Waals surface area contributed by atoms with Crippen LogP contribution in [0.15, 0.2) is 30.3 Å². The lowest BCUT2D eigenvalue weighted by Gasteiger charge is -2.42. The number of carboxylic acids is 1. The second-order valence-electron chi connectivity index (χ2n) is 6.13. The molecule has 2 rings (SSSR count). The number of nitrogens with zero attached hydrogens (tertiary/aromatic N) is 1. The number of piperidine rings is 1. The number of rotatable bonds is 6. The van der Waals surface area contributed by atoms with E-state index >= 15 is 0 Å². The molecule has 3 N–H and O–H groups in total. The van der Waals surface area contributed by atoms with Crippen molar-refractivity contribution in [2.75, 3.05) is 25.0 Å². The Kier molecular flexibility index (Phi) is 5.74. The molecule has 6 heteroatoms. The lowest BCUT2D eigenvalue weighted by molar-refractivity contribution is -0.163. The largest absolute Gasteiger partial charge is 0.481 e. The van der Waals surface area contributed by atoms with Crippen molar-refractivity contribution in [3.05, 3.63) is 30.3 Å². The van der Waals surface area contributed by atoms with E-state index in [0.717, 1.165) is 5.69 Å². The van der Waals surface area contributed by atoms with E-state index in [1.54, 1.807) is 17.0 Å². The first-order valence-corrected chi connectivity index (χ1v) is 7.96. The Labute approximate surface area is 136 Å². The van der Waals surface area contributed by atoms with Gasteiger partial charge in [0.2, 0.25) is 5.91 Å². The molecule has 1 aromatic carbocycles. The zero-order valence-corrected chi connectivity index (χ0v) is 13.4. The number of nitrogens with one attached hydrogen (secondary N) is 1. The highest BCUT2D eigenvalue weighted by atomic mass is 16.4. The lowest BCUT2D eigenvalue weighted by atomic mass is 9.73. The molecule has 1 aliphatic rings. The summed E-state index contributed by atoms with van der Waals surface area (Å²) >= 11 is 0. The lowest BCUT2D eigenvalue weighted by Crippen LogP contribution is -2.55. The zero-order chi connectivity index (χ0) is 16.9. The van der Waals surface area contributed by atoms with E-state index in [1.807, 2.05) is 25.1 Å². The van der Waals surface area contributed by atoms with Crippen molar-refractivity contribution < 1.29 is 19.8 Å². The molecule has 1 amide bonds. The van der Waals surface area contributed by atoms with E-state index in [-0.39, 0.29) is 19.0 Å². The number of β-amino-alcohol motifs (C(OH)–C–C–N with tert-alkyl or cyclic N) is 1. The number of para-hydroxylation sites is 1. The molecule has 0 aliphatic carbocycles. The predicted octanol–water partition coefficient (Wildman–Crippen LogP) is 1.56. The summed E-state index contributed by atoms with van der Waals surface area (Å²) in [5.41, 5.74) is -0.359. The van der Waals surface area contributed by atoms with Crippen LogP contribution >= 0.6 is 0 Å². The number of likely N-dealkylation sites (tertiary alicyclic amines) is 1. The third-order valence-electron chi connectivity index (χ3n) is 4.49. The molecular weight excluding hydrogens is 296 g/mol. The standard InChI is InChI=1S/C17H24N2O4/c1-2-8-17(16(22)23)9-10-19(11-14(17)20)12-15(21)18-13-6-4-3-5-7-13/h3-7,14,20H,2,8-12H2,1H3,(H,18,21)(H,22,23)/t14-,17-/m0/s1. The van der Waals surface area contributed by atoms with E-state index in [2.05, 4.69) is 5.32 Å². The molecule has 0 bridgehead atoms. The summed E-state index contributed by atoms with van der Waals surface area (Å²) in [6.07, 6.45) is 0.555. The van der Waals surface area contributed by atoms with Crippen molar-refractivity contribution in [3.63, 3.8) is 0 Å². The van der Waals surface area contributed by atoms with Gasteiger partial charge < -0.3 is 15.5 Å². The van der Waals surface area contributed by atoms with Gasteiger partial charge in [-0.3, -0.25) is 14.5 Å². The molecule has 2 atom stereocenters. The zero-order valence-electron chi connectivity index (χ0n) is 13.4. The monoisotopic (exact) mass is 320 g/mol. The molecule has 1 aromatic rings. The first kappa shape index (κ1) is 17.4. The molecule has 0 radical (unpaired) electrons. The summed E-state index contributed by atoms with van der Waals surface area (Å²) in [5, 5.41) is 22.6. The maximum Gasteiger partial charge on any atom is 0.312 e. The third kappa shape index (κ3) is 4.09. The van der Waals surface area contributed by atoms with Crippen LogP contribution in [0.4, 0.5) is 5.69 Å². The number of amides is 1. The van der Waals surface area contributed by atoms with Gasteiger partial charge in [-0.15, -0.1) is 0 Å². The molecular formula is C17H24N2O4. The predicted molar refractivity (Wildman–Crippen MR) is 87.1 cm³/mol. The van der Waals surface area contributed by atoms with Crippen molar-refractivity contribution in [1.29, 1.82) is 0 Å². The number of aliphatic hydroxyl groups excluding tert-OH is 1. The number of anilines is 1. The Morgan fingerprint density at radius 3 is 2.61 bits per heavy atom. The minimum absolute atomic E-state index is 0.147. The molecule has 1 heterocycles. The SMILES string of the molecule is CCC[C@]1(C(=O)O)CCN(CC(=O)Nc2ccccc2)C[C@@H]1O. The van der Waals surface area contributed by atoms with Crippen LogP contribution in [0.3, 0.4) is 0 Å². The van der Waals surface area contributed by atoms with Crippen LogP contribution in [-0.2, 0) is 9.59 Å². The molecule has 1 aliphatic heterocycles. The van der Waals surface area contributed by atoms with Crippen LogP contribution in [-0.4, -0.2) is 52.7 Å². The molecule has 23 heavy (non-hydrogen) atoms. The first-order valence-electron chi connectivity index (χ1n) is 7.96. The number of carbonyl (C=O) groups excluding carboxylic acids is 1. The van der Waals surface area contributed by atoms with Crippen molar-refractivity contribution in [1.82, 2.24) is 4.90 Å². The van der Waals surface area contributed by atoms with Gasteiger partial charge in [-0.05, 0) is 31.5 Å². The second kappa shape index (κ2) is 7.57. The maximum atomic E-state index is 12.1. The molecule has 0 saturated carbocycles. The molecule has 126 valence electrons. The minimum atomic E-state index is -1.08. The van der Waals surface area contributed by atoms with E-state index in [1.165, 1.54) is 0 Å².